The van der Waals surface area contributed by atoms with E-state index >= 15 is 0 Å². The number of halogens is 1. The zero-order chi connectivity index (χ0) is 10.1. The first-order valence-corrected chi connectivity index (χ1v) is 4.15. The number of aromatic nitrogens is 4. The Kier molecular flexibility index (Phi) is 1.97. The van der Waals surface area contributed by atoms with Crippen LogP contribution in [0.1, 0.15) is 0 Å². The molecular weight excluding hydrogens is 204 g/mol. The number of nitrogens with two attached hydrogens (primary N) is 2. The van der Waals surface area contributed by atoms with Crippen molar-refractivity contribution in [3.63, 3.8) is 0 Å². The van der Waals surface area contributed by atoms with Crippen LogP contribution in [0, 0.1) is 0 Å². The fourth-order valence-corrected chi connectivity index (χ4v) is 1.12. The van der Waals surface area contributed by atoms with Gasteiger partial charge >= 0.3 is 0 Å². The quantitative estimate of drug-likeness (QED) is 0.714. The molecule has 2 aromatic heterocycles. The van der Waals surface area contributed by atoms with Crippen molar-refractivity contribution in [2.24, 2.45) is 0 Å². The van der Waals surface area contributed by atoms with Crippen molar-refractivity contribution in [1.82, 2.24) is 20.0 Å². The van der Waals surface area contributed by atoms with Crippen molar-refractivity contribution in [3.8, 4) is 5.82 Å². The summed E-state index contributed by atoms with van der Waals surface area (Å²) in [6, 6.07) is 4.79. The largest absolute Gasteiger partial charge is 0.383 e. The minimum absolute atomic E-state index is 0.312. The Hall–Kier alpha value is -1.82. The van der Waals surface area contributed by atoms with E-state index in [0.29, 0.717) is 22.6 Å². The molecule has 0 fully saturated rings. The topological polar surface area (TPSA) is 95.6 Å². The van der Waals surface area contributed by atoms with Gasteiger partial charge in [-0.15, -0.1) is 15.3 Å². The van der Waals surface area contributed by atoms with Crippen LogP contribution in [0.2, 0.25) is 5.15 Å². The minimum atomic E-state index is 0.312. The predicted molar refractivity (Wildman–Crippen MR) is 53.0 cm³/mol. The van der Waals surface area contributed by atoms with Crippen LogP contribution >= 0.6 is 11.6 Å². The number of nitrogens with zero attached hydrogens (tertiary/aromatic N) is 4. The fraction of sp³-hybridized carbons (Fsp3) is 0. The monoisotopic (exact) mass is 210 g/mol. The van der Waals surface area contributed by atoms with Gasteiger partial charge in [0.05, 0.1) is 0 Å². The van der Waals surface area contributed by atoms with Gasteiger partial charge in [0.1, 0.15) is 11.6 Å². The van der Waals surface area contributed by atoms with E-state index in [0.717, 1.165) is 0 Å². The summed E-state index contributed by atoms with van der Waals surface area (Å²) in [6.07, 6.45) is 0. The third-order valence-electron chi connectivity index (χ3n) is 1.59. The Labute approximate surface area is 84.5 Å². The van der Waals surface area contributed by atoms with Gasteiger partial charge in [-0.1, -0.05) is 11.6 Å². The number of nitrogen functional groups attached to an aromatic ring is 2. The zero-order valence-corrected chi connectivity index (χ0v) is 7.81. The maximum atomic E-state index is 5.63. The molecule has 2 rings (SSSR count). The van der Waals surface area contributed by atoms with Crippen LogP contribution in [-0.2, 0) is 0 Å². The van der Waals surface area contributed by atoms with Crippen LogP contribution in [0.5, 0.6) is 0 Å². The first kappa shape index (κ1) is 8.76. The normalized spacial score (nSPS) is 10.4. The van der Waals surface area contributed by atoms with Crippen molar-refractivity contribution in [1.29, 1.82) is 0 Å². The van der Waals surface area contributed by atoms with Crippen molar-refractivity contribution in [3.05, 3.63) is 23.4 Å². The van der Waals surface area contributed by atoms with E-state index < -0.39 is 0 Å². The summed E-state index contributed by atoms with van der Waals surface area (Å²) in [5.74, 6) is 1.21. The standard InChI is InChI=1S/C7H7ClN6/c8-4-1-2-7(12-11-4)14-6(10)3-5(9)13-14/h1-3H,10H2,(H2,9,13). The van der Waals surface area contributed by atoms with Crippen LogP contribution < -0.4 is 11.5 Å². The van der Waals surface area contributed by atoms with Gasteiger partial charge in [0.2, 0.25) is 0 Å². The lowest BCUT2D eigenvalue weighted by Crippen LogP contribution is -2.04. The molecule has 0 aromatic carbocycles. The highest BCUT2D eigenvalue weighted by molar-refractivity contribution is 6.29. The van der Waals surface area contributed by atoms with Gasteiger partial charge < -0.3 is 11.5 Å². The van der Waals surface area contributed by atoms with Crippen LogP contribution in [0.4, 0.5) is 11.6 Å². The number of hydrogen-bond donors (Lipinski definition) is 2. The second kappa shape index (κ2) is 3.15. The van der Waals surface area contributed by atoms with Gasteiger partial charge in [0.25, 0.3) is 0 Å². The Morgan fingerprint density at radius 2 is 2.00 bits per heavy atom. The molecular formula is C7H7ClN6. The Morgan fingerprint density at radius 1 is 1.21 bits per heavy atom. The van der Waals surface area contributed by atoms with E-state index in [1.807, 2.05) is 0 Å². The second-order valence-electron chi connectivity index (χ2n) is 2.62. The third-order valence-corrected chi connectivity index (χ3v) is 1.79. The molecule has 0 bridgehead atoms. The van der Waals surface area contributed by atoms with E-state index in [2.05, 4.69) is 15.3 Å². The van der Waals surface area contributed by atoms with Gasteiger partial charge in [0, 0.05) is 6.07 Å². The van der Waals surface area contributed by atoms with E-state index in [9.17, 15) is 0 Å². The summed E-state index contributed by atoms with van der Waals surface area (Å²) >= 11 is 5.58. The molecule has 0 atom stereocenters. The van der Waals surface area contributed by atoms with Gasteiger partial charge in [-0.25, -0.2) is 0 Å². The first-order valence-electron chi connectivity index (χ1n) is 3.77. The highest BCUT2D eigenvalue weighted by atomic mass is 35.5. The highest BCUT2D eigenvalue weighted by Gasteiger charge is 2.05. The van der Waals surface area contributed by atoms with Gasteiger partial charge in [-0.05, 0) is 12.1 Å². The summed E-state index contributed by atoms with van der Waals surface area (Å²) < 4.78 is 1.39. The van der Waals surface area contributed by atoms with Crippen molar-refractivity contribution >= 4 is 23.2 Å². The summed E-state index contributed by atoms with van der Waals surface area (Å²) in [4.78, 5) is 0. The Morgan fingerprint density at radius 3 is 2.50 bits per heavy atom. The molecule has 72 valence electrons. The average Bonchev–Trinajstić information content (AvgIpc) is 2.47. The summed E-state index contributed by atoms with van der Waals surface area (Å²) in [5, 5.41) is 11.7. The van der Waals surface area contributed by atoms with E-state index in [-0.39, 0.29) is 0 Å². The summed E-state index contributed by atoms with van der Waals surface area (Å²) in [6.45, 7) is 0. The maximum absolute atomic E-state index is 5.63. The molecule has 0 aliphatic rings. The molecule has 0 saturated carbocycles. The number of rotatable bonds is 1. The van der Waals surface area contributed by atoms with Crippen molar-refractivity contribution in [2.75, 3.05) is 11.5 Å². The Balaban J connectivity index is 2.49. The predicted octanol–water partition coefficient (Wildman–Crippen LogP) is 0.480. The third kappa shape index (κ3) is 1.47. The van der Waals surface area contributed by atoms with E-state index in [4.69, 9.17) is 23.1 Å². The van der Waals surface area contributed by atoms with Gasteiger partial charge in [0.15, 0.2) is 11.0 Å². The van der Waals surface area contributed by atoms with Crippen LogP contribution in [0.25, 0.3) is 5.82 Å². The molecule has 0 amide bonds. The van der Waals surface area contributed by atoms with Crippen molar-refractivity contribution < 1.29 is 0 Å². The molecule has 6 nitrogen and oxygen atoms in total. The minimum Gasteiger partial charge on any atom is -0.383 e. The molecule has 2 heterocycles. The fourth-order valence-electron chi connectivity index (χ4n) is 1.02. The molecule has 0 spiro atoms. The van der Waals surface area contributed by atoms with E-state index in [1.54, 1.807) is 12.1 Å². The summed E-state index contributed by atoms with van der Waals surface area (Å²) in [5.41, 5.74) is 11.1. The van der Waals surface area contributed by atoms with Gasteiger partial charge in [-0.3, -0.25) is 0 Å². The SMILES string of the molecule is Nc1cc(N)n(-c2ccc(Cl)nn2)n1. The lowest BCUT2D eigenvalue weighted by atomic mass is 10.5. The first-order chi connectivity index (χ1) is 6.66. The van der Waals surface area contributed by atoms with Gasteiger partial charge in [-0.2, -0.15) is 4.68 Å². The summed E-state index contributed by atoms with van der Waals surface area (Å²) in [7, 11) is 0. The molecule has 0 radical (unpaired) electrons. The van der Waals surface area contributed by atoms with Crippen LogP contribution in [0.3, 0.4) is 0 Å². The number of hydrogen-bond acceptors (Lipinski definition) is 5. The molecule has 14 heavy (non-hydrogen) atoms. The molecule has 0 aliphatic carbocycles. The molecule has 2 aromatic rings. The van der Waals surface area contributed by atoms with E-state index in [1.165, 1.54) is 10.7 Å². The molecule has 7 heteroatoms. The smallest absolute Gasteiger partial charge is 0.178 e. The lowest BCUT2D eigenvalue weighted by molar-refractivity contribution is 0.827. The molecule has 4 N–H and O–H groups in total. The molecule has 0 unspecified atom stereocenters. The van der Waals surface area contributed by atoms with Crippen LogP contribution in [-0.4, -0.2) is 20.0 Å². The zero-order valence-electron chi connectivity index (χ0n) is 7.05. The maximum Gasteiger partial charge on any atom is 0.178 e. The lowest BCUT2D eigenvalue weighted by Gasteiger charge is -2.00. The molecule has 0 aliphatic heterocycles. The highest BCUT2D eigenvalue weighted by Crippen LogP contribution is 2.13. The molecule has 0 saturated heterocycles. The van der Waals surface area contributed by atoms with Crippen LogP contribution in [0.15, 0.2) is 18.2 Å². The Bertz CT molecular complexity index is 448. The second-order valence-corrected chi connectivity index (χ2v) is 3.01. The average molecular weight is 211 g/mol. The number of anilines is 2. The van der Waals surface area contributed by atoms with Crippen molar-refractivity contribution in [2.45, 2.75) is 0 Å².